The van der Waals surface area contributed by atoms with Gasteiger partial charge in [0.2, 0.25) is 10.0 Å². The minimum Gasteiger partial charge on any atom is -0.331 e. The van der Waals surface area contributed by atoms with Crippen molar-refractivity contribution >= 4 is 33.3 Å². The number of sulfonamides is 1. The molecule has 144 valence electrons. The molecule has 0 saturated carbocycles. The van der Waals surface area contributed by atoms with E-state index in [2.05, 4.69) is 17.2 Å². The molecule has 1 unspecified atom stereocenters. The number of amides is 2. The topological polar surface area (TPSA) is 78.5 Å². The predicted octanol–water partition coefficient (Wildman–Crippen LogP) is 4.03. The van der Waals surface area contributed by atoms with Gasteiger partial charge in [0, 0.05) is 24.3 Å². The molecule has 0 bridgehead atoms. The molecule has 0 saturated heterocycles. The Hall–Kier alpha value is -2.35. The Labute approximate surface area is 164 Å². The number of hydrogen-bond donors (Lipinski definition) is 2. The lowest BCUT2D eigenvalue weighted by Crippen LogP contribution is -2.31. The summed E-state index contributed by atoms with van der Waals surface area (Å²) in [6, 6.07) is 12.6. The average Bonchev–Trinajstić information content (AvgIpc) is 2.62. The predicted molar refractivity (Wildman–Crippen MR) is 108 cm³/mol. The van der Waals surface area contributed by atoms with Crippen LogP contribution in [0.2, 0.25) is 5.02 Å². The van der Waals surface area contributed by atoms with E-state index in [1.807, 2.05) is 19.1 Å². The van der Waals surface area contributed by atoms with Gasteiger partial charge in [-0.05, 0) is 48.9 Å². The first-order chi connectivity index (χ1) is 12.7. The van der Waals surface area contributed by atoms with Gasteiger partial charge in [-0.15, -0.1) is 6.58 Å². The maximum Gasteiger partial charge on any atom is 0.319 e. The summed E-state index contributed by atoms with van der Waals surface area (Å²) in [6.07, 6.45) is 1.51. The number of benzene rings is 2. The Balaban J connectivity index is 2.00. The van der Waals surface area contributed by atoms with Crippen LogP contribution < -0.4 is 10.6 Å². The Morgan fingerprint density at radius 2 is 1.78 bits per heavy atom. The first-order valence-electron chi connectivity index (χ1n) is 8.24. The fourth-order valence-corrected chi connectivity index (χ4v) is 3.64. The van der Waals surface area contributed by atoms with Crippen molar-refractivity contribution in [3.05, 3.63) is 71.8 Å². The zero-order chi connectivity index (χ0) is 20.0. The number of hydrogen-bond acceptors (Lipinski definition) is 3. The van der Waals surface area contributed by atoms with Gasteiger partial charge in [-0.2, -0.15) is 4.31 Å². The molecular weight excluding hydrogens is 386 g/mol. The summed E-state index contributed by atoms with van der Waals surface area (Å²) in [5.41, 5.74) is 1.40. The third-order valence-electron chi connectivity index (χ3n) is 3.92. The van der Waals surface area contributed by atoms with Gasteiger partial charge in [0.25, 0.3) is 0 Å². The molecule has 0 aliphatic heterocycles. The summed E-state index contributed by atoms with van der Waals surface area (Å²) < 4.78 is 25.9. The fraction of sp³-hybridized carbons (Fsp3) is 0.211. The highest BCUT2D eigenvalue weighted by Gasteiger charge is 2.19. The molecule has 2 N–H and O–H groups in total. The molecule has 0 spiro atoms. The maximum atomic E-state index is 12.4. The number of rotatable bonds is 7. The number of nitrogens with zero attached hydrogens (tertiary/aromatic N) is 1. The van der Waals surface area contributed by atoms with Crippen LogP contribution in [0.15, 0.2) is 66.1 Å². The lowest BCUT2D eigenvalue weighted by atomic mass is 10.1. The molecule has 2 rings (SSSR count). The summed E-state index contributed by atoms with van der Waals surface area (Å²) in [5, 5.41) is 6.13. The molecule has 0 aliphatic carbocycles. The second-order valence-electron chi connectivity index (χ2n) is 5.97. The van der Waals surface area contributed by atoms with Gasteiger partial charge in [0.15, 0.2) is 0 Å². The average molecular weight is 408 g/mol. The number of likely N-dealkylation sites (N-methyl/N-ethyl adjacent to an activating group) is 1. The number of anilines is 1. The zero-order valence-electron chi connectivity index (χ0n) is 15.1. The van der Waals surface area contributed by atoms with E-state index in [-0.39, 0.29) is 17.5 Å². The van der Waals surface area contributed by atoms with Crippen LogP contribution in [0, 0.1) is 0 Å². The van der Waals surface area contributed by atoms with Gasteiger partial charge < -0.3 is 10.6 Å². The summed E-state index contributed by atoms with van der Waals surface area (Å²) in [4.78, 5) is 12.3. The molecule has 2 aromatic rings. The third-order valence-corrected chi connectivity index (χ3v) is 6.01. The van der Waals surface area contributed by atoms with E-state index >= 15 is 0 Å². The lowest BCUT2D eigenvalue weighted by Gasteiger charge is -2.16. The molecule has 2 amide bonds. The minimum absolute atomic E-state index is 0.146. The van der Waals surface area contributed by atoms with E-state index in [1.54, 1.807) is 24.3 Å². The van der Waals surface area contributed by atoms with Crippen LogP contribution in [-0.2, 0) is 10.0 Å². The number of carbonyl (C=O) groups excluding carboxylic acids is 1. The summed E-state index contributed by atoms with van der Waals surface area (Å²) in [6.45, 7) is 5.61. The van der Waals surface area contributed by atoms with Crippen LogP contribution >= 0.6 is 11.6 Å². The monoisotopic (exact) mass is 407 g/mol. The maximum absolute atomic E-state index is 12.4. The van der Waals surface area contributed by atoms with Crippen molar-refractivity contribution < 1.29 is 13.2 Å². The van der Waals surface area contributed by atoms with Crippen molar-refractivity contribution in [1.82, 2.24) is 9.62 Å². The molecule has 8 heteroatoms. The molecule has 2 aromatic carbocycles. The van der Waals surface area contributed by atoms with E-state index < -0.39 is 16.1 Å². The molecule has 0 heterocycles. The summed E-state index contributed by atoms with van der Waals surface area (Å²) in [5.74, 6) is 0. The number of halogens is 1. The van der Waals surface area contributed by atoms with Gasteiger partial charge in [-0.3, -0.25) is 0 Å². The lowest BCUT2D eigenvalue weighted by molar-refractivity contribution is 0.249. The second-order valence-corrected chi connectivity index (χ2v) is 8.45. The van der Waals surface area contributed by atoms with Gasteiger partial charge in [0.1, 0.15) is 0 Å². The zero-order valence-corrected chi connectivity index (χ0v) is 16.7. The standard InChI is InChI=1S/C19H22ClN3O3S/c1-4-13-23(3)27(25,26)18-11-9-17(10-12-18)22-19(24)21-14(2)15-5-7-16(20)8-6-15/h4-12,14H,1,13H2,2-3H3,(H2,21,22,24). The Morgan fingerprint density at radius 3 is 2.33 bits per heavy atom. The van der Waals surface area contributed by atoms with Crippen molar-refractivity contribution in [2.75, 3.05) is 18.9 Å². The SMILES string of the molecule is C=CCN(C)S(=O)(=O)c1ccc(NC(=O)NC(C)c2ccc(Cl)cc2)cc1. The number of carbonyl (C=O) groups is 1. The second kappa shape index (κ2) is 9.03. The molecule has 6 nitrogen and oxygen atoms in total. The fourth-order valence-electron chi connectivity index (χ4n) is 2.37. The Morgan fingerprint density at radius 1 is 1.19 bits per heavy atom. The van der Waals surface area contributed by atoms with Crippen molar-refractivity contribution in [2.45, 2.75) is 17.9 Å². The third kappa shape index (κ3) is 5.56. The highest BCUT2D eigenvalue weighted by molar-refractivity contribution is 7.89. The Kier molecular flexibility index (Phi) is 7.01. The van der Waals surface area contributed by atoms with Gasteiger partial charge in [-0.1, -0.05) is 29.8 Å². The smallest absolute Gasteiger partial charge is 0.319 e. The van der Waals surface area contributed by atoms with Crippen LogP contribution in [-0.4, -0.2) is 32.3 Å². The van der Waals surface area contributed by atoms with Crippen LogP contribution in [0.4, 0.5) is 10.5 Å². The first kappa shape index (κ1) is 21.0. The van der Waals surface area contributed by atoms with Crippen LogP contribution in [0.1, 0.15) is 18.5 Å². The van der Waals surface area contributed by atoms with E-state index in [0.29, 0.717) is 10.7 Å². The van der Waals surface area contributed by atoms with Crippen LogP contribution in [0.5, 0.6) is 0 Å². The van der Waals surface area contributed by atoms with Crippen molar-refractivity contribution in [1.29, 1.82) is 0 Å². The van der Waals surface area contributed by atoms with Gasteiger partial charge >= 0.3 is 6.03 Å². The van der Waals surface area contributed by atoms with Gasteiger partial charge in [-0.25, -0.2) is 13.2 Å². The quantitative estimate of drug-likeness (QED) is 0.680. The van der Waals surface area contributed by atoms with E-state index in [1.165, 1.54) is 29.6 Å². The van der Waals surface area contributed by atoms with Crippen molar-refractivity contribution in [3.63, 3.8) is 0 Å². The van der Waals surface area contributed by atoms with Crippen molar-refractivity contribution in [2.24, 2.45) is 0 Å². The molecule has 27 heavy (non-hydrogen) atoms. The van der Waals surface area contributed by atoms with E-state index in [4.69, 9.17) is 11.6 Å². The largest absolute Gasteiger partial charge is 0.331 e. The molecule has 0 radical (unpaired) electrons. The summed E-state index contributed by atoms with van der Waals surface area (Å²) >= 11 is 5.86. The Bertz CT molecular complexity index is 897. The molecule has 0 aliphatic rings. The number of nitrogens with one attached hydrogen (secondary N) is 2. The van der Waals surface area contributed by atoms with Crippen LogP contribution in [0.3, 0.4) is 0 Å². The minimum atomic E-state index is -3.58. The molecule has 0 aromatic heterocycles. The molecular formula is C19H22ClN3O3S. The normalized spacial score (nSPS) is 12.4. The highest BCUT2D eigenvalue weighted by atomic mass is 35.5. The summed E-state index contributed by atoms with van der Waals surface area (Å²) in [7, 11) is -2.10. The van der Waals surface area contributed by atoms with Crippen molar-refractivity contribution in [3.8, 4) is 0 Å². The first-order valence-corrected chi connectivity index (χ1v) is 10.1. The molecule has 1 atom stereocenters. The van der Waals surface area contributed by atoms with E-state index in [9.17, 15) is 13.2 Å². The van der Waals surface area contributed by atoms with Gasteiger partial charge in [0.05, 0.1) is 10.9 Å². The van der Waals surface area contributed by atoms with E-state index in [0.717, 1.165) is 5.56 Å². The molecule has 0 fully saturated rings. The highest BCUT2D eigenvalue weighted by Crippen LogP contribution is 2.19. The van der Waals surface area contributed by atoms with Crippen LogP contribution in [0.25, 0.3) is 0 Å². The number of urea groups is 1.